The quantitative estimate of drug-likeness (QED) is 0.787. The summed E-state index contributed by atoms with van der Waals surface area (Å²) < 4.78 is 0. The predicted molar refractivity (Wildman–Crippen MR) is 74.4 cm³/mol. The SMILES string of the molecule is CN(CC(=O)NC(C)(C)C)C(=O)[C@@H]1C[C@H]2C=C[C@H]1C2. The molecule has 2 amide bonds. The Morgan fingerprint density at radius 2 is 1.95 bits per heavy atom. The molecule has 2 rings (SSSR count). The second-order valence-electron chi connectivity index (χ2n) is 6.88. The highest BCUT2D eigenvalue weighted by molar-refractivity contribution is 5.86. The van der Waals surface area contributed by atoms with Crippen molar-refractivity contribution < 1.29 is 9.59 Å². The van der Waals surface area contributed by atoms with Gasteiger partial charge in [0.1, 0.15) is 0 Å². The zero-order valence-electron chi connectivity index (χ0n) is 12.3. The maximum absolute atomic E-state index is 12.3. The van der Waals surface area contributed by atoms with Crippen LogP contribution in [0.2, 0.25) is 0 Å². The lowest BCUT2D eigenvalue weighted by molar-refractivity contribution is -0.139. The van der Waals surface area contributed by atoms with Gasteiger partial charge in [-0.3, -0.25) is 9.59 Å². The van der Waals surface area contributed by atoms with E-state index >= 15 is 0 Å². The summed E-state index contributed by atoms with van der Waals surface area (Å²) in [7, 11) is 1.72. The second-order valence-corrected chi connectivity index (χ2v) is 6.88. The van der Waals surface area contributed by atoms with Crippen LogP contribution in [0.25, 0.3) is 0 Å². The summed E-state index contributed by atoms with van der Waals surface area (Å²) in [6.45, 7) is 5.96. The summed E-state index contributed by atoms with van der Waals surface area (Å²) in [4.78, 5) is 25.7. The molecule has 0 aromatic heterocycles. The summed E-state index contributed by atoms with van der Waals surface area (Å²) in [5.41, 5.74) is -0.254. The largest absolute Gasteiger partial charge is 0.350 e. The van der Waals surface area contributed by atoms with E-state index in [0.717, 1.165) is 12.8 Å². The second kappa shape index (κ2) is 4.99. The van der Waals surface area contributed by atoms with Gasteiger partial charge in [0.25, 0.3) is 0 Å². The Morgan fingerprint density at radius 3 is 2.42 bits per heavy atom. The molecule has 0 aliphatic heterocycles. The summed E-state index contributed by atoms with van der Waals surface area (Å²) in [6, 6.07) is 0. The van der Waals surface area contributed by atoms with E-state index in [0.29, 0.717) is 11.8 Å². The van der Waals surface area contributed by atoms with Crippen LogP contribution in [-0.2, 0) is 9.59 Å². The van der Waals surface area contributed by atoms with Gasteiger partial charge in [0.15, 0.2) is 0 Å². The van der Waals surface area contributed by atoms with Crippen molar-refractivity contribution in [2.24, 2.45) is 17.8 Å². The first-order chi connectivity index (χ1) is 8.76. The number of likely N-dealkylation sites (N-methyl/N-ethyl adjacent to an activating group) is 1. The smallest absolute Gasteiger partial charge is 0.240 e. The number of carbonyl (C=O) groups is 2. The number of fused-ring (bicyclic) bond motifs is 2. The van der Waals surface area contributed by atoms with Gasteiger partial charge in [0.2, 0.25) is 11.8 Å². The van der Waals surface area contributed by atoms with Crippen molar-refractivity contribution in [2.75, 3.05) is 13.6 Å². The molecule has 1 N–H and O–H groups in total. The molecule has 0 aromatic carbocycles. The Labute approximate surface area is 115 Å². The van der Waals surface area contributed by atoms with E-state index in [2.05, 4.69) is 17.5 Å². The van der Waals surface area contributed by atoms with Crippen LogP contribution < -0.4 is 5.32 Å². The van der Waals surface area contributed by atoms with Crippen LogP contribution in [0.15, 0.2) is 12.2 Å². The van der Waals surface area contributed by atoms with Crippen molar-refractivity contribution in [3.63, 3.8) is 0 Å². The van der Waals surface area contributed by atoms with Crippen molar-refractivity contribution in [1.29, 1.82) is 0 Å². The highest BCUT2D eigenvalue weighted by Gasteiger charge is 2.41. The lowest BCUT2D eigenvalue weighted by atomic mass is 9.92. The lowest BCUT2D eigenvalue weighted by Gasteiger charge is -2.26. The Bertz CT molecular complexity index is 409. The van der Waals surface area contributed by atoms with Crippen LogP contribution in [0.1, 0.15) is 33.6 Å². The monoisotopic (exact) mass is 264 g/mol. The minimum atomic E-state index is -0.254. The summed E-state index contributed by atoms with van der Waals surface area (Å²) >= 11 is 0. The van der Waals surface area contributed by atoms with Gasteiger partial charge in [0, 0.05) is 18.5 Å². The van der Waals surface area contributed by atoms with Gasteiger partial charge < -0.3 is 10.2 Å². The Morgan fingerprint density at radius 1 is 1.26 bits per heavy atom. The number of rotatable bonds is 3. The molecule has 0 radical (unpaired) electrons. The first-order valence-electron chi connectivity index (χ1n) is 7.00. The lowest BCUT2D eigenvalue weighted by Crippen LogP contribution is -2.47. The number of hydrogen-bond acceptors (Lipinski definition) is 2. The molecule has 1 fully saturated rings. The van der Waals surface area contributed by atoms with E-state index in [9.17, 15) is 9.59 Å². The third-order valence-corrected chi connectivity index (χ3v) is 3.87. The number of carbonyl (C=O) groups excluding carboxylic acids is 2. The molecule has 0 unspecified atom stereocenters. The van der Waals surface area contributed by atoms with E-state index in [1.165, 1.54) is 0 Å². The summed E-state index contributed by atoms with van der Waals surface area (Å²) in [6.07, 6.45) is 6.45. The zero-order valence-corrected chi connectivity index (χ0v) is 12.3. The van der Waals surface area contributed by atoms with Gasteiger partial charge in [-0.2, -0.15) is 0 Å². The van der Waals surface area contributed by atoms with Gasteiger partial charge >= 0.3 is 0 Å². The van der Waals surface area contributed by atoms with Crippen LogP contribution in [-0.4, -0.2) is 35.8 Å². The average Bonchev–Trinajstić information content (AvgIpc) is 2.86. The summed E-state index contributed by atoms with van der Waals surface area (Å²) in [5.74, 6) is 1.08. The van der Waals surface area contributed by atoms with Gasteiger partial charge in [-0.25, -0.2) is 0 Å². The standard InChI is InChI=1S/C15H24N2O2/c1-15(2,3)16-13(18)9-17(4)14(19)12-8-10-5-6-11(12)7-10/h5-6,10-12H,7-9H2,1-4H3,(H,16,18)/t10-,11-,12+/m0/s1. The van der Waals surface area contributed by atoms with Crippen molar-refractivity contribution in [3.8, 4) is 0 Å². The molecule has 2 bridgehead atoms. The normalized spacial score (nSPS) is 28.5. The molecule has 0 aromatic rings. The number of nitrogens with one attached hydrogen (secondary N) is 1. The third kappa shape index (κ3) is 3.37. The fraction of sp³-hybridized carbons (Fsp3) is 0.733. The maximum Gasteiger partial charge on any atom is 0.240 e. The number of nitrogens with zero attached hydrogens (tertiary/aromatic N) is 1. The minimum Gasteiger partial charge on any atom is -0.350 e. The fourth-order valence-corrected chi connectivity index (χ4v) is 3.10. The fourth-order valence-electron chi connectivity index (χ4n) is 3.10. The molecular weight excluding hydrogens is 240 g/mol. The molecule has 4 heteroatoms. The molecule has 4 nitrogen and oxygen atoms in total. The molecule has 3 atom stereocenters. The Kier molecular flexibility index (Phi) is 3.70. The molecule has 106 valence electrons. The highest BCUT2D eigenvalue weighted by Crippen LogP contribution is 2.43. The molecule has 0 heterocycles. The maximum atomic E-state index is 12.3. The first-order valence-corrected chi connectivity index (χ1v) is 7.00. The van der Waals surface area contributed by atoms with E-state index in [1.54, 1.807) is 11.9 Å². The topological polar surface area (TPSA) is 49.4 Å². The van der Waals surface area contributed by atoms with E-state index < -0.39 is 0 Å². The molecule has 0 spiro atoms. The minimum absolute atomic E-state index is 0.0856. The van der Waals surface area contributed by atoms with Gasteiger partial charge in [-0.15, -0.1) is 0 Å². The van der Waals surface area contributed by atoms with Crippen LogP contribution in [0.3, 0.4) is 0 Å². The zero-order chi connectivity index (χ0) is 14.2. The van der Waals surface area contributed by atoms with Gasteiger partial charge in [0.05, 0.1) is 6.54 Å². The van der Waals surface area contributed by atoms with Gasteiger partial charge in [-0.1, -0.05) is 12.2 Å². The van der Waals surface area contributed by atoms with Gasteiger partial charge in [-0.05, 0) is 45.4 Å². The summed E-state index contributed by atoms with van der Waals surface area (Å²) in [5, 5.41) is 2.88. The van der Waals surface area contributed by atoms with Crippen molar-refractivity contribution in [1.82, 2.24) is 10.2 Å². The van der Waals surface area contributed by atoms with E-state index in [1.807, 2.05) is 20.8 Å². The van der Waals surface area contributed by atoms with Crippen molar-refractivity contribution in [3.05, 3.63) is 12.2 Å². The van der Waals surface area contributed by atoms with Crippen LogP contribution >= 0.6 is 0 Å². The first kappa shape index (κ1) is 14.1. The average molecular weight is 264 g/mol. The van der Waals surface area contributed by atoms with E-state index in [4.69, 9.17) is 0 Å². The molecule has 1 saturated carbocycles. The molecule has 0 saturated heterocycles. The van der Waals surface area contributed by atoms with Crippen molar-refractivity contribution in [2.45, 2.75) is 39.2 Å². The highest BCUT2D eigenvalue weighted by atomic mass is 16.2. The number of allylic oxidation sites excluding steroid dienone is 2. The van der Waals surface area contributed by atoms with Crippen molar-refractivity contribution >= 4 is 11.8 Å². The van der Waals surface area contributed by atoms with Crippen LogP contribution in [0, 0.1) is 17.8 Å². The molecule has 2 aliphatic carbocycles. The number of hydrogen-bond donors (Lipinski definition) is 1. The molecule has 2 aliphatic rings. The third-order valence-electron chi connectivity index (χ3n) is 3.87. The number of amides is 2. The molecular formula is C15H24N2O2. The Balaban J connectivity index is 1.86. The van der Waals surface area contributed by atoms with Crippen LogP contribution in [0.4, 0.5) is 0 Å². The van der Waals surface area contributed by atoms with E-state index in [-0.39, 0.29) is 29.8 Å². The predicted octanol–water partition coefficient (Wildman–Crippen LogP) is 1.57. The van der Waals surface area contributed by atoms with Crippen LogP contribution in [0.5, 0.6) is 0 Å². The molecule has 19 heavy (non-hydrogen) atoms. The Hall–Kier alpha value is -1.32.